The highest BCUT2D eigenvalue weighted by atomic mass is 19.1. The number of nitrogens with zero attached hydrogens (tertiary/aromatic N) is 1. The molecule has 0 radical (unpaired) electrons. The van der Waals surface area contributed by atoms with Gasteiger partial charge in [-0.3, -0.25) is 4.39 Å². The van der Waals surface area contributed by atoms with E-state index >= 15 is 0 Å². The molecule has 1 aliphatic rings. The normalized spacial score (nSPS) is 23.2. The fourth-order valence-corrected chi connectivity index (χ4v) is 2.42. The molecule has 1 unspecified atom stereocenters. The average Bonchev–Trinajstić information content (AvgIpc) is 2.26. The lowest BCUT2D eigenvalue weighted by molar-refractivity contribution is 0.170. The Morgan fingerprint density at radius 3 is 2.93 bits per heavy atom. The van der Waals surface area contributed by atoms with Crippen molar-refractivity contribution in [1.82, 2.24) is 10.2 Å². The number of hydrogen-bond donors (Lipinski definition) is 1. The van der Waals surface area contributed by atoms with Crippen LogP contribution in [0.3, 0.4) is 0 Å². The molecule has 0 bridgehead atoms. The molecule has 1 fully saturated rings. The standard InChI is InChI=1S/C12H25FN2/c1-14-10-12-6-5-9-15(11-12)8-4-2-3-7-13/h12,14H,2-11H2,1H3. The number of likely N-dealkylation sites (tertiary alicyclic amines) is 1. The summed E-state index contributed by atoms with van der Waals surface area (Å²) in [5, 5.41) is 3.26. The van der Waals surface area contributed by atoms with Gasteiger partial charge < -0.3 is 10.2 Å². The second-order valence-corrected chi connectivity index (χ2v) is 4.62. The molecule has 15 heavy (non-hydrogen) atoms. The van der Waals surface area contributed by atoms with E-state index in [1.165, 1.54) is 32.5 Å². The van der Waals surface area contributed by atoms with Gasteiger partial charge in [-0.2, -0.15) is 0 Å². The number of nitrogens with one attached hydrogen (secondary N) is 1. The van der Waals surface area contributed by atoms with Crippen LogP contribution in [0.4, 0.5) is 4.39 Å². The van der Waals surface area contributed by atoms with Crippen molar-refractivity contribution in [2.75, 3.05) is 39.9 Å². The number of unbranched alkanes of at least 4 members (excludes halogenated alkanes) is 2. The second-order valence-electron chi connectivity index (χ2n) is 4.62. The van der Waals surface area contributed by atoms with Gasteiger partial charge in [0, 0.05) is 6.54 Å². The SMILES string of the molecule is CNCC1CCCN(CCCCCF)C1. The van der Waals surface area contributed by atoms with Gasteiger partial charge in [0.15, 0.2) is 0 Å². The van der Waals surface area contributed by atoms with Gasteiger partial charge in [0.1, 0.15) is 0 Å². The van der Waals surface area contributed by atoms with Crippen molar-refractivity contribution in [2.45, 2.75) is 32.1 Å². The minimum atomic E-state index is -0.150. The summed E-state index contributed by atoms with van der Waals surface area (Å²) in [5.41, 5.74) is 0. The zero-order chi connectivity index (χ0) is 10.9. The van der Waals surface area contributed by atoms with Crippen molar-refractivity contribution in [1.29, 1.82) is 0 Å². The Kier molecular flexibility index (Phi) is 6.94. The predicted molar refractivity (Wildman–Crippen MR) is 62.9 cm³/mol. The van der Waals surface area contributed by atoms with Crippen LogP contribution in [-0.4, -0.2) is 44.8 Å². The Hall–Kier alpha value is -0.150. The van der Waals surface area contributed by atoms with Crippen LogP contribution in [0.15, 0.2) is 0 Å². The molecule has 1 atom stereocenters. The first-order chi connectivity index (χ1) is 7.36. The van der Waals surface area contributed by atoms with Crippen LogP contribution in [0, 0.1) is 5.92 Å². The first kappa shape index (κ1) is 12.9. The highest BCUT2D eigenvalue weighted by Gasteiger charge is 2.18. The van der Waals surface area contributed by atoms with Gasteiger partial charge in [0.05, 0.1) is 6.67 Å². The van der Waals surface area contributed by atoms with E-state index in [0.717, 1.165) is 31.7 Å². The molecular weight excluding hydrogens is 191 g/mol. The molecule has 1 N–H and O–H groups in total. The van der Waals surface area contributed by atoms with Crippen molar-refractivity contribution in [3.63, 3.8) is 0 Å². The van der Waals surface area contributed by atoms with Gasteiger partial charge in [0.2, 0.25) is 0 Å². The Morgan fingerprint density at radius 1 is 1.33 bits per heavy atom. The van der Waals surface area contributed by atoms with Gasteiger partial charge in [-0.25, -0.2) is 0 Å². The molecule has 0 saturated carbocycles. The second kappa shape index (κ2) is 8.05. The summed E-state index contributed by atoms with van der Waals surface area (Å²) in [5.74, 6) is 0.824. The fourth-order valence-electron chi connectivity index (χ4n) is 2.42. The van der Waals surface area contributed by atoms with Crippen LogP contribution >= 0.6 is 0 Å². The highest BCUT2D eigenvalue weighted by molar-refractivity contribution is 4.73. The lowest BCUT2D eigenvalue weighted by Gasteiger charge is -2.32. The molecule has 0 aromatic rings. The maximum absolute atomic E-state index is 11.9. The summed E-state index contributed by atoms with van der Waals surface area (Å²) in [6, 6.07) is 0. The lowest BCUT2D eigenvalue weighted by Crippen LogP contribution is -2.39. The molecule has 0 aromatic heterocycles. The van der Waals surface area contributed by atoms with E-state index in [9.17, 15) is 4.39 Å². The number of piperidine rings is 1. The molecule has 1 saturated heterocycles. The smallest absolute Gasteiger partial charge is 0.0894 e. The summed E-state index contributed by atoms with van der Waals surface area (Å²) in [4.78, 5) is 2.55. The number of halogens is 1. The fraction of sp³-hybridized carbons (Fsp3) is 1.00. The van der Waals surface area contributed by atoms with E-state index in [-0.39, 0.29) is 6.67 Å². The Labute approximate surface area is 93.2 Å². The minimum Gasteiger partial charge on any atom is -0.319 e. The molecule has 0 aliphatic carbocycles. The zero-order valence-corrected chi connectivity index (χ0v) is 9.97. The van der Waals surface area contributed by atoms with Gasteiger partial charge in [-0.1, -0.05) is 0 Å². The third-order valence-electron chi connectivity index (χ3n) is 3.20. The Bertz CT molecular complexity index is 151. The number of hydrogen-bond acceptors (Lipinski definition) is 2. The third kappa shape index (κ3) is 5.47. The average molecular weight is 216 g/mol. The van der Waals surface area contributed by atoms with E-state index in [0.29, 0.717) is 0 Å². The molecule has 3 heteroatoms. The number of rotatable bonds is 7. The molecule has 0 spiro atoms. The first-order valence-electron chi connectivity index (χ1n) is 6.29. The van der Waals surface area contributed by atoms with Crippen molar-refractivity contribution >= 4 is 0 Å². The van der Waals surface area contributed by atoms with Gasteiger partial charge in [-0.15, -0.1) is 0 Å². The molecule has 1 aliphatic heterocycles. The summed E-state index contributed by atoms with van der Waals surface area (Å²) >= 11 is 0. The molecule has 0 aromatic carbocycles. The summed E-state index contributed by atoms with van der Waals surface area (Å²) in [6.07, 6.45) is 5.64. The summed E-state index contributed by atoms with van der Waals surface area (Å²) in [7, 11) is 2.03. The predicted octanol–water partition coefficient (Wildman–Crippen LogP) is 2.06. The lowest BCUT2D eigenvalue weighted by atomic mass is 9.98. The Balaban J connectivity index is 2.07. The molecule has 0 amide bonds. The molecule has 2 nitrogen and oxygen atoms in total. The third-order valence-corrected chi connectivity index (χ3v) is 3.20. The monoisotopic (exact) mass is 216 g/mol. The van der Waals surface area contributed by atoms with Gasteiger partial charge in [-0.05, 0) is 64.7 Å². The van der Waals surface area contributed by atoms with Crippen LogP contribution in [-0.2, 0) is 0 Å². The maximum atomic E-state index is 11.9. The van der Waals surface area contributed by atoms with Crippen molar-refractivity contribution < 1.29 is 4.39 Å². The van der Waals surface area contributed by atoms with Crippen molar-refractivity contribution in [2.24, 2.45) is 5.92 Å². The van der Waals surface area contributed by atoms with Crippen LogP contribution in [0.25, 0.3) is 0 Å². The van der Waals surface area contributed by atoms with E-state index in [1.54, 1.807) is 0 Å². The Morgan fingerprint density at radius 2 is 2.20 bits per heavy atom. The van der Waals surface area contributed by atoms with Gasteiger partial charge >= 0.3 is 0 Å². The van der Waals surface area contributed by atoms with Crippen LogP contribution in [0.2, 0.25) is 0 Å². The first-order valence-corrected chi connectivity index (χ1v) is 6.29. The summed E-state index contributed by atoms with van der Waals surface area (Å²) < 4.78 is 11.9. The van der Waals surface area contributed by atoms with Crippen molar-refractivity contribution in [3.8, 4) is 0 Å². The minimum absolute atomic E-state index is 0.150. The topological polar surface area (TPSA) is 15.3 Å². The van der Waals surface area contributed by atoms with Crippen LogP contribution in [0.5, 0.6) is 0 Å². The zero-order valence-electron chi connectivity index (χ0n) is 9.97. The van der Waals surface area contributed by atoms with E-state index in [2.05, 4.69) is 10.2 Å². The van der Waals surface area contributed by atoms with E-state index in [1.807, 2.05) is 7.05 Å². The molecule has 1 rings (SSSR count). The molecule has 1 heterocycles. The molecular formula is C12H25FN2. The maximum Gasteiger partial charge on any atom is 0.0894 e. The van der Waals surface area contributed by atoms with Crippen molar-refractivity contribution in [3.05, 3.63) is 0 Å². The number of alkyl halides is 1. The van der Waals surface area contributed by atoms with E-state index in [4.69, 9.17) is 0 Å². The highest BCUT2D eigenvalue weighted by Crippen LogP contribution is 2.16. The summed E-state index contributed by atoms with van der Waals surface area (Å²) in [6.45, 7) is 4.63. The largest absolute Gasteiger partial charge is 0.319 e. The van der Waals surface area contributed by atoms with Crippen LogP contribution in [0.1, 0.15) is 32.1 Å². The van der Waals surface area contributed by atoms with Gasteiger partial charge in [0.25, 0.3) is 0 Å². The quantitative estimate of drug-likeness (QED) is 0.655. The van der Waals surface area contributed by atoms with Crippen LogP contribution < -0.4 is 5.32 Å². The van der Waals surface area contributed by atoms with E-state index < -0.39 is 0 Å². The molecule has 90 valence electrons.